The maximum Gasteiger partial charge on any atom is 0.230 e. The Morgan fingerprint density at radius 3 is 2.45 bits per heavy atom. The first-order chi connectivity index (χ1) is 13.9. The summed E-state index contributed by atoms with van der Waals surface area (Å²) in [7, 11) is 0. The van der Waals surface area contributed by atoms with Gasteiger partial charge in [0.15, 0.2) is 0 Å². The summed E-state index contributed by atoms with van der Waals surface area (Å²) in [6.45, 7) is 11.7. The van der Waals surface area contributed by atoms with Crippen molar-refractivity contribution >= 4 is 17.7 Å². The normalized spacial score (nSPS) is 15.3. The largest absolute Gasteiger partial charge is 0.379 e. The predicted octanol–water partition coefficient (Wildman–Crippen LogP) is 4.22. The van der Waals surface area contributed by atoms with Crippen LogP contribution in [-0.4, -0.2) is 42.9 Å². The van der Waals surface area contributed by atoms with Crippen LogP contribution in [0, 0.1) is 0 Å². The van der Waals surface area contributed by atoms with E-state index in [-0.39, 0.29) is 11.3 Å². The Kier molecular flexibility index (Phi) is 7.76. The van der Waals surface area contributed by atoms with Gasteiger partial charge >= 0.3 is 0 Å². The molecule has 3 rings (SSSR count). The number of morpholine rings is 1. The molecule has 0 aromatic heterocycles. The van der Waals surface area contributed by atoms with Crippen molar-refractivity contribution in [3.05, 3.63) is 65.2 Å². The highest BCUT2D eigenvalue weighted by Gasteiger charge is 2.13. The van der Waals surface area contributed by atoms with Crippen molar-refractivity contribution in [3.63, 3.8) is 0 Å². The lowest BCUT2D eigenvalue weighted by Gasteiger charge is -2.26. The first kappa shape index (κ1) is 21.9. The monoisotopic (exact) mass is 412 g/mol. The number of carbonyl (C=O) groups excluding carboxylic acids is 1. The molecule has 0 saturated carbocycles. The van der Waals surface area contributed by atoms with Gasteiger partial charge in [0.05, 0.1) is 19.0 Å². The SMILES string of the molecule is CC(C)(C)c1ccc(SCC(=O)NCc2cccc(CN3CCOCC3)c2)cc1. The molecule has 1 N–H and O–H groups in total. The summed E-state index contributed by atoms with van der Waals surface area (Å²) in [5.41, 5.74) is 3.88. The number of ether oxygens (including phenoxy) is 1. The molecule has 0 unspecified atom stereocenters. The molecular formula is C24H32N2O2S. The van der Waals surface area contributed by atoms with Gasteiger partial charge < -0.3 is 10.1 Å². The molecule has 1 aliphatic rings. The van der Waals surface area contributed by atoms with Crippen molar-refractivity contribution in [1.29, 1.82) is 0 Å². The fourth-order valence-electron chi connectivity index (χ4n) is 3.31. The molecule has 1 fully saturated rings. The van der Waals surface area contributed by atoms with Crippen molar-refractivity contribution in [2.24, 2.45) is 0 Å². The van der Waals surface area contributed by atoms with E-state index in [0.29, 0.717) is 12.3 Å². The first-order valence-electron chi connectivity index (χ1n) is 10.3. The molecule has 156 valence electrons. The van der Waals surface area contributed by atoms with Crippen molar-refractivity contribution < 1.29 is 9.53 Å². The summed E-state index contributed by atoms with van der Waals surface area (Å²) in [5, 5.41) is 3.04. The minimum atomic E-state index is 0.0634. The Hall–Kier alpha value is -1.82. The standard InChI is InChI=1S/C24H32N2O2S/c1-24(2,3)21-7-9-22(10-8-21)29-18-23(27)25-16-19-5-4-6-20(15-19)17-26-11-13-28-14-12-26/h4-10,15H,11-14,16-18H2,1-3H3,(H,25,27). The molecule has 0 radical (unpaired) electrons. The molecule has 0 aliphatic carbocycles. The second-order valence-electron chi connectivity index (χ2n) is 8.55. The van der Waals surface area contributed by atoms with E-state index < -0.39 is 0 Å². The van der Waals surface area contributed by atoms with Crippen LogP contribution in [0.15, 0.2) is 53.4 Å². The highest BCUT2D eigenvalue weighted by atomic mass is 32.2. The van der Waals surface area contributed by atoms with Crippen LogP contribution < -0.4 is 5.32 Å². The molecule has 1 heterocycles. The van der Waals surface area contributed by atoms with Gasteiger partial charge in [-0.2, -0.15) is 0 Å². The third kappa shape index (κ3) is 7.18. The van der Waals surface area contributed by atoms with E-state index in [1.54, 1.807) is 11.8 Å². The lowest BCUT2D eigenvalue weighted by Crippen LogP contribution is -2.35. The van der Waals surface area contributed by atoms with Gasteiger partial charge in [-0.05, 0) is 34.2 Å². The van der Waals surface area contributed by atoms with Crippen molar-refractivity contribution in [2.75, 3.05) is 32.1 Å². The van der Waals surface area contributed by atoms with Crippen LogP contribution in [0.1, 0.15) is 37.5 Å². The maximum absolute atomic E-state index is 12.3. The number of hydrogen-bond acceptors (Lipinski definition) is 4. The summed E-state index contributed by atoms with van der Waals surface area (Å²) >= 11 is 1.58. The van der Waals surface area contributed by atoms with Gasteiger partial charge in [-0.1, -0.05) is 57.2 Å². The topological polar surface area (TPSA) is 41.6 Å². The maximum atomic E-state index is 12.3. The molecule has 0 spiro atoms. The zero-order valence-corrected chi connectivity index (χ0v) is 18.6. The quantitative estimate of drug-likeness (QED) is 0.691. The van der Waals surface area contributed by atoms with E-state index in [1.165, 1.54) is 11.1 Å². The molecule has 0 atom stereocenters. The smallest absolute Gasteiger partial charge is 0.230 e. The molecule has 2 aromatic carbocycles. The van der Waals surface area contributed by atoms with E-state index in [9.17, 15) is 4.79 Å². The van der Waals surface area contributed by atoms with Gasteiger partial charge in [0, 0.05) is 31.1 Å². The predicted molar refractivity (Wildman–Crippen MR) is 120 cm³/mol. The van der Waals surface area contributed by atoms with Crippen LogP contribution in [0.2, 0.25) is 0 Å². The number of nitrogens with zero attached hydrogens (tertiary/aromatic N) is 1. The van der Waals surface area contributed by atoms with Crippen LogP contribution >= 0.6 is 11.8 Å². The Morgan fingerprint density at radius 1 is 1.07 bits per heavy atom. The Bertz CT molecular complexity index is 793. The number of benzene rings is 2. The number of hydrogen-bond donors (Lipinski definition) is 1. The fourth-order valence-corrected chi connectivity index (χ4v) is 4.04. The molecule has 29 heavy (non-hydrogen) atoms. The zero-order chi connectivity index (χ0) is 20.7. The molecule has 0 bridgehead atoms. The molecule has 1 amide bonds. The summed E-state index contributed by atoms with van der Waals surface area (Å²) in [4.78, 5) is 15.8. The van der Waals surface area contributed by atoms with E-state index in [0.717, 1.165) is 43.3 Å². The van der Waals surface area contributed by atoms with E-state index >= 15 is 0 Å². The molecule has 2 aromatic rings. The highest BCUT2D eigenvalue weighted by molar-refractivity contribution is 8.00. The Labute approximate surface area is 179 Å². The summed E-state index contributed by atoms with van der Waals surface area (Å²) < 4.78 is 5.41. The zero-order valence-electron chi connectivity index (χ0n) is 17.7. The minimum Gasteiger partial charge on any atom is -0.379 e. The van der Waals surface area contributed by atoms with Crippen LogP contribution in [0.4, 0.5) is 0 Å². The van der Waals surface area contributed by atoms with Crippen LogP contribution in [-0.2, 0) is 28.0 Å². The van der Waals surface area contributed by atoms with Crippen LogP contribution in [0.5, 0.6) is 0 Å². The van der Waals surface area contributed by atoms with Gasteiger partial charge in [-0.25, -0.2) is 0 Å². The molecule has 4 nitrogen and oxygen atoms in total. The number of carbonyl (C=O) groups is 1. The Morgan fingerprint density at radius 2 is 1.76 bits per heavy atom. The van der Waals surface area contributed by atoms with E-state index in [4.69, 9.17) is 4.74 Å². The van der Waals surface area contributed by atoms with Crippen LogP contribution in [0.3, 0.4) is 0 Å². The van der Waals surface area contributed by atoms with Crippen molar-refractivity contribution in [1.82, 2.24) is 10.2 Å². The summed E-state index contributed by atoms with van der Waals surface area (Å²) in [6, 6.07) is 17.0. The van der Waals surface area contributed by atoms with Crippen molar-refractivity contribution in [3.8, 4) is 0 Å². The average molecular weight is 413 g/mol. The molecular weight excluding hydrogens is 380 g/mol. The first-order valence-corrected chi connectivity index (χ1v) is 11.3. The Balaban J connectivity index is 1.43. The summed E-state index contributed by atoms with van der Waals surface area (Å²) in [6.07, 6.45) is 0. The fraction of sp³-hybridized carbons (Fsp3) is 0.458. The van der Waals surface area contributed by atoms with Gasteiger partial charge in [-0.15, -0.1) is 11.8 Å². The van der Waals surface area contributed by atoms with E-state index in [1.807, 2.05) is 0 Å². The second-order valence-corrected chi connectivity index (χ2v) is 9.60. The van der Waals surface area contributed by atoms with E-state index in [2.05, 4.69) is 79.5 Å². The molecule has 1 aliphatic heterocycles. The van der Waals surface area contributed by atoms with Gasteiger partial charge in [0.25, 0.3) is 0 Å². The van der Waals surface area contributed by atoms with Crippen LogP contribution in [0.25, 0.3) is 0 Å². The third-order valence-corrected chi connectivity index (χ3v) is 6.09. The third-order valence-electron chi connectivity index (χ3n) is 5.08. The molecule has 1 saturated heterocycles. The lowest BCUT2D eigenvalue weighted by molar-refractivity contribution is -0.118. The average Bonchev–Trinajstić information content (AvgIpc) is 2.71. The number of thioether (sulfide) groups is 1. The number of nitrogens with one attached hydrogen (secondary N) is 1. The second kappa shape index (κ2) is 10.3. The van der Waals surface area contributed by atoms with Gasteiger partial charge in [0.2, 0.25) is 5.91 Å². The van der Waals surface area contributed by atoms with Crippen molar-refractivity contribution in [2.45, 2.75) is 44.2 Å². The minimum absolute atomic E-state index is 0.0634. The number of amides is 1. The molecule has 5 heteroatoms. The highest BCUT2D eigenvalue weighted by Crippen LogP contribution is 2.25. The summed E-state index contributed by atoms with van der Waals surface area (Å²) in [5.74, 6) is 0.496. The van der Waals surface area contributed by atoms with Gasteiger partial charge in [-0.3, -0.25) is 9.69 Å². The van der Waals surface area contributed by atoms with Gasteiger partial charge in [0.1, 0.15) is 0 Å². The number of rotatable bonds is 7. The lowest BCUT2D eigenvalue weighted by atomic mass is 9.87.